The molecule has 9 nitrogen and oxygen atoms in total. The minimum atomic E-state index is -3.89. The summed E-state index contributed by atoms with van der Waals surface area (Å²) in [7, 11) is -3.89. The molecule has 2 aromatic rings. The van der Waals surface area contributed by atoms with E-state index in [1.807, 2.05) is 0 Å². The molecule has 0 bridgehead atoms. The summed E-state index contributed by atoms with van der Waals surface area (Å²) in [6.07, 6.45) is 0. The van der Waals surface area contributed by atoms with Gasteiger partial charge in [-0.15, -0.1) is 0 Å². The third-order valence-electron chi connectivity index (χ3n) is 3.18. The summed E-state index contributed by atoms with van der Waals surface area (Å²) in [5.74, 6) is -0.489. The van der Waals surface area contributed by atoms with Crippen molar-refractivity contribution < 1.29 is 18.3 Å². The molecule has 2 aromatic carbocycles. The molecule has 0 saturated heterocycles. The van der Waals surface area contributed by atoms with Crippen molar-refractivity contribution in [1.29, 1.82) is 0 Å². The quantitative estimate of drug-likeness (QED) is 0.628. The van der Waals surface area contributed by atoms with Crippen LogP contribution >= 0.6 is 0 Å². The number of nitrogens with zero attached hydrogens (tertiary/aromatic N) is 2. The zero-order chi connectivity index (χ0) is 17.9. The highest BCUT2D eigenvalue weighted by Gasteiger charge is 2.17. The maximum Gasteiger partial charge on any atom is 0.271 e. The van der Waals surface area contributed by atoms with E-state index in [-0.39, 0.29) is 22.6 Å². The second kappa shape index (κ2) is 6.62. The highest BCUT2D eigenvalue weighted by atomic mass is 32.2. The lowest BCUT2D eigenvalue weighted by molar-refractivity contribution is -0.385. The molecule has 0 aliphatic carbocycles. The molecule has 0 aromatic heterocycles. The molecule has 0 fully saturated rings. The molecule has 0 saturated carbocycles. The van der Waals surface area contributed by atoms with Crippen molar-refractivity contribution in [3.05, 3.63) is 73.8 Å². The number of hydrogen-bond acceptors (Lipinski definition) is 6. The highest BCUT2D eigenvalue weighted by Crippen LogP contribution is 2.24. The van der Waals surface area contributed by atoms with Crippen LogP contribution in [0.2, 0.25) is 0 Å². The topological polar surface area (TPSA) is 132 Å². The number of nitrogens with one attached hydrogen (secondary N) is 1. The molecule has 0 unspecified atom stereocenters. The molecule has 0 spiro atoms. The van der Waals surface area contributed by atoms with E-state index in [1.165, 1.54) is 36.4 Å². The average Bonchev–Trinajstić information content (AvgIpc) is 2.48. The van der Waals surface area contributed by atoms with Gasteiger partial charge in [-0.1, -0.05) is 18.2 Å². The monoisotopic (exact) mass is 351 g/mol. The van der Waals surface area contributed by atoms with Gasteiger partial charge >= 0.3 is 0 Å². The zero-order valence-corrected chi connectivity index (χ0v) is 13.3. The number of aryl methyl sites for hydroxylation is 1. The minimum Gasteiger partial charge on any atom is -0.283 e. The summed E-state index contributed by atoms with van der Waals surface area (Å²) in [6.45, 7) is 1.61. The predicted octanol–water partition coefficient (Wildman–Crippen LogP) is 2.75. The van der Waals surface area contributed by atoms with Gasteiger partial charge < -0.3 is 0 Å². The normalized spacial score (nSPS) is 11.0. The van der Waals surface area contributed by atoms with Gasteiger partial charge in [0, 0.05) is 24.3 Å². The van der Waals surface area contributed by atoms with E-state index in [9.17, 15) is 28.6 Å². The molecule has 0 atom stereocenters. The molecule has 0 aliphatic rings. The van der Waals surface area contributed by atoms with Crippen LogP contribution in [0.3, 0.4) is 0 Å². The molecule has 24 heavy (non-hydrogen) atoms. The largest absolute Gasteiger partial charge is 0.283 e. The fraction of sp³-hybridized carbons (Fsp3) is 0.143. The number of anilines is 1. The maximum atomic E-state index is 12.2. The first-order valence-corrected chi connectivity index (χ1v) is 8.32. The van der Waals surface area contributed by atoms with E-state index in [0.717, 1.165) is 6.07 Å². The number of benzene rings is 2. The Morgan fingerprint density at radius 1 is 1.00 bits per heavy atom. The van der Waals surface area contributed by atoms with Crippen molar-refractivity contribution in [2.75, 3.05) is 4.72 Å². The highest BCUT2D eigenvalue weighted by molar-refractivity contribution is 7.91. The third-order valence-corrected chi connectivity index (χ3v) is 4.42. The maximum absolute atomic E-state index is 12.2. The van der Waals surface area contributed by atoms with Gasteiger partial charge in [-0.2, -0.15) is 0 Å². The van der Waals surface area contributed by atoms with Gasteiger partial charge in [0.1, 0.15) is 0 Å². The van der Waals surface area contributed by atoms with Crippen molar-refractivity contribution in [1.82, 2.24) is 0 Å². The van der Waals surface area contributed by atoms with E-state index < -0.39 is 25.6 Å². The van der Waals surface area contributed by atoms with Crippen LogP contribution in [0, 0.1) is 27.2 Å². The molecular weight excluding hydrogens is 338 g/mol. The molecule has 1 N–H and O–H groups in total. The van der Waals surface area contributed by atoms with Gasteiger partial charge in [0.2, 0.25) is 10.0 Å². The summed E-state index contributed by atoms with van der Waals surface area (Å²) in [6, 6.07) is 9.10. The number of non-ortho nitro benzene ring substituents is 2. The first kappa shape index (κ1) is 17.3. The van der Waals surface area contributed by atoms with E-state index in [2.05, 4.69) is 4.72 Å². The standard InChI is InChI=1S/C14H13N3O6S/c1-10-5-6-13(17(20)21)8-14(10)15-24(22,23)9-11-3-2-4-12(7-11)16(18)19/h2-8,15H,9H2,1H3. The molecular formula is C14H13N3O6S. The lowest BCUT2D eigenvalue weighted by Crippen LogP contribution is -2.16. The van der Waals surface area contributed by atoms with Crippen LogP contribution in [-0.2, 0) is 15.8 Å². The SMILES string of the molecule is Cc1ccc([N+](=O)[O-])cc1NS(=O)(=O)Cc1cccc([N+](=O)[O-])c1. The number of sulfonamides is 1. The van der Waals surface area contributed by atoms with Gasteiger partial charge in [-0.05, 0) is 18.1 Å². The van der Waals surface area contributed by atoms with Crippen molar-refractivity contribution in [3.63, 3.8) is 0 Å². The van der Waals surface area contributed by atoms with Crippen LogP contribution in [0.4, 0.5) is 17.1 Å². The molecule has 10 heteroatoms. The molecule has 0 amide bonds. The molecule has 2 rings (SSSR count). The molecule has 0 aliphatic heterocycles. The summed E-state index contributed by atoms with van der Waals surface area (Å²) in [4.78, 5) is 20.3. The van der Waals surface area contributed by atoms with E-state index >= 15 is 0 Å². The number of nitro groups is 2. The Morgan fingerprint density at radius 2 is 1.62 bits per heavy atom. The first-order chi connectivity index (χ1) is 11.2. The number of hydrogen-bond donors (Lipinski definition) is 1. The minimum absolute atomic E-state index is 0.0923. The van der Waals surface area contributed by atoms with Gasteiger partial charge in [0.25, 0.3) is 11.4 Å². The number of rotatable bonds is 6. The lowest BCUT2D eigenvalue weighted by Gasteiger charge is -2.10. The van der Waals surface area contributed by atoms with Crippen LogP contribution < -0.4 is 4.72 Å². The third kappa shape index (κ3) is 4.26. The van der Waals surface area contributed by atoms with E-state index in [1.54, 1.807) is 6.92 Å². The van der Waals surface area contributed by atoms with Crippen LogP contribution in [0.1, 0.15) is 11.1 Å². The fourth-order valence-corrected chi connectivity index (χ4v) is 3.26. The van der Waals surface area contributed by atoms with E-state index in [4.69, 9.17) is 0 Å². The Bertz CT molecular complexity index is 910. The van der Waals surface area contributed by atoms with Gasteiger partial charge in [0.15, 0.2) is 0 Å². The second-order valence-electron chi connectivity index (χ2n) is 5.04. The zero-order valence-electron chi connectivity index (χ0n) is 12.5. The van der Waals surface area contributed by atoms with Crippen molar-refractivity contribution in [2.45, 2.75) is 12.7 Å². The molecule has 0 radical (unpaired) electrons. The molecule has 0 heterocycles. The van der Waals surface area contributed by atoms with Crippen LogP contribution in [0.5, 0.6) is 0 Å². The van der Waals surface area contributed by atoms with Crippen molar-refractivity contribution in [3.8, 4) is 0 Å². The van der Waals surface area contributed by atoms with E-state index in [0.29, 0.717) is 5.56 Å². The summed E-state index contributed by atoms with van der Waals surface area (Å²) in [5.41, 5.74) is 0.389. The predicted molar refractivity (Wildman–Crippen MR) is 87.2 cm³/mol. The van der Waals surface area contributed by atoms with Crippen molar-refractivity contribution >= 4 is 27.1 Å². The Morgan fingerprint density at radius 3 is 2.25 bits per heavy atom. The van der Waals surface area contributed by atoms with Gasteiger partial charge in [-0.3, -0.25) is 25.0 Å². The summed E-state index contributed by atoms with van der Waals surface area (Å²) >= 11 is 0. The summed E-state index contributed by atoms with van der Waals surface area (Å²) in [5, 5.41) is 21.5. The smallest absolute Gasteiger partial charge is 0.271 e. The fourth-order valence-electron chi connectivity index (χ4n) is 2.02. The van der Waals surface area contributed by atoms with Crippen LogP contribution in [0.15, 0.2) is 42.5 Å². The number of nitro benzene ring substituents is 2. The molecule has 126 valence electrons. The van der Waals surface area contributed by atoms with Gasteiger partial charge in [-0.25, -0.2) is 8.42 Å². The van der Waals surface area contributed by atoms with Crippen molar-refractivity contribution in [2.24, 2.45) is 0 Å². The van der Waals surface area contributed by atoms with Crippen LogP contribution in [-0.4, -0.2) is 18.3 Å². The Labute approximate surface area is 137 Å². The second-order valence-corrected chi connectivity index (χ2v) is 6.77. The first-order valence-electron chi connectivity index (χ1n) is 6.67. The Balaban J connectivity index is 2.26. The Kier molecular flexibility index (Phi) is 4.79. The lowest BCUT2D eigenvalue weighted by atomic mass is 10.2. The van der Waals surface area contributed by atoms with Gasteiger partial charge in [0.05, 0.1) is 21.3 Å². The Hall–Kier alpha value is -3.01. The average molecular weight is 351 g/mol. The summed E-state index contributed by atoms with van der Waals surface area (Å²) < 4.78 is 26.7. The van der Waals surface area contributed by atoms with Crippen LogP contribution in [0.25, 0.3) is 0 Å².